The van der Waals surface area contributed by atoms with Crippen LogP contribution in [0.1, 0.15) is 44.0 Å². The summed E-state index contributed by atoms with van der Waals surface area (Å²) in [6.45, 7) is 4.74. The van der Waals surface area contributed by atoms with Crippen LogP contribution in [-0.2, 0) is 9.59 Å². The number of carbonyl (C=O) groups is 3. The van der Waals surface area contributed by atoms with E-state index in [9.17, 15) is 19.5 Å². The van der Waals surface area contributed by atoms with Crippen molar-refractivity contribution in [3.8, 4) is 0 Å². The van der Waals surface area contributed by atoms with E-state index in [0.29, 0.717) is 24.1 Å². The molecule has 1 aromatic rings. The van der Waals surface area contributed by atoms with Gasteiger partial charge in [-0.25, -0.2) is 4.79 Å². The van der Waals surface area contributed by atoms with Crippen LogP contribution in [0.3, 0.4) is 0 Å². The molecule has 0 aliphatic rings. The van der Waals surface area contributed by atoms with Crippen molar-refractivity contribution in [1.82, 2.24) is 5.32 Å². The highest BCUT2D eigenvalue weighted by atomic mass is 16.4. The molecule has 3 N–H and O–H groups in total. The van der Waals surface area contributed by atoms with E-state index in [1.165, 1.54) is 26.0 Å². The van der Waals surface area contributed by atoms with Gasteiger partial charge in [0.2, 0.25) is 5.91 Å². The van der Waals surface area contributed by atoms with E-state index in [2.05, 4.69) is 10.6 Å². The Morgan fingerprint density at radius 1 is 1.19 bits per heavy atom. The van der Waals surface area contributed by atoms with Crippen molar-refractivity contribution >= 4 is 23.5 Å². The fourth-order valence-corrected chi connectivity index (χ4v) is 1.95. The van der Waals surface area contributed by atoms with Crippen molar-refractivity contribution < 1.29 is 19.5 Å². The van der Waals surface area contributed by atoms with Gasteiger partial charge in [0.1, 0.15) is 5.54 Å². The number of nitrogens with one attached hydrogen (secondary N) is 2. The summed E-state index contributed by atoms with van der Waals surface area (Å²) < 4.78 is 0. The van der Waals surface area contributed by atoms with Crippen molar-refractivity contribution in [3.63, 3.8) is 0 Å². The lowest BCUT2D eigenvalue weighted by molar-refractivity contribution is -0.144. The molecular formula is C15H20N2O4. The van der Waals surface area contributed by atoms with Gasteiger partial charge in [0.15, 0.2) is 0 Å². The first-order chi connectivity index (χ1) is 9.78. The summed E-state index contributed by atoms with van der Waals surface area (Å²) >= 11 is 0. The Balaban J connectivity index is 2.83. The quantitative estimate of drug-likeness (QED) is 0.747. The van der Waals surface area contributed by atoms with Crippen LogP contribution in [-0.4, -0.2) is 28.4 Å². The molecule has 0 spiro atoms. The van der Waals surface area contributed by atoms with Crippen molar-refractivity contribution in [1.29, 1.82) is 0 Å². The third-order valence-electron chi connectivity index (χ3n) is 3.08. The molecule has 0 aromatic heterocycles. The minimum atomic E-state index is -1.29. The van der Waals surface area contributed by atoms with Crippen molar-refractivity contribution in [2.75, 3.05) is 5.32 Å². The van der Waals surface area contributed by atoms with Crippen LogP contribution in [0, 0.1) is 0 Å². The molecule has 1 unspecified atom stereocenters. The van der Waals surface area contributed by atoms with Crippen LogP contribution in [0.15, 0.2) is 24.3 Å². The molecule has 0 heterocycles. The first-order valence-corrected chi connectivity index (χ1v) is 6.72. The number of hydrogen-bond acceptors (Lipinski definition) is 3. The largest absolute Gasteiger partial charge is 0.480 e. The summed E-state index contributed by atoms with van der Waals surface area (Å²) in [6.07, 6.45) is 0.989. The zero-order chi connectivity index (χ0) is 16.0. The first-order valence-electron chi connectivity index (χ1n) is 6.72. The van der Waals surface area contributed by atoms with E-state index in [1.54, 1.807) is 12.1 Å². The fourth-order valence-electron chi connectivity index (χ4n) is 1.95. The topological polar surface area (TPSA) is 95.5 Å². The molecule has 1 aromatic carbocycles. The van der Waals surface area contributed by atoms with Gasteiger partial charge in [0.05, 0.1) is 0 Å². The predicted molar refractivity (Wildman–Crippen MR) is 79.2 cm³/mol. The molecule has 1 rings (SSSR count). The number of rotatable bonds is 6. The molecule has 0 fully saturated rings. The highest BCUT2D eigenvalue weighted by Gasteiger charge is 2.33. The lowest BCUT2D eigenvalue weighted by Crippen LogP contribution is -2.52. The summed E-state index contributed by atoms with van der Waals surface area (Å²) in [6, 6.07) is 6.26. The van der Waals surface area contributed by atoms with Gasteiger partial charge in [-0.3, -0.25) is 9.59 Å². The second-order valence-corrected chi connectivity index (χ2v) is 5.10. The molecule has 21 heavy (non-hydrogen) atoms. The van der Waals surface area contributed by atoms with Gasteiger partial charge in [-0.2, -0.15) is 0 Å². The van der Waals surface area contributed by atoms with Crippen LogP contribution >= 0.6 is 0 Å². The predicted octanol–water partition coefficient (Wildman–Crippen LogP) is 2.02. The van der Waals surface area contributed by atoms with Crippen LogP contribution < -0.4 is 10.6 Å². The molecule has 1 atom stereocenters. The number of benzene rings is 1. The maximum absolute atomic E-state index is 12.1. The number of carboxylic acids is 1. The Morgan fingerprint density at radius 3 is 2.19 bits per heavy atom. The molecule has 0 radical (unpaired) electrons. The van der Waals surface area contributed by atoms with Gasteiger partial charge in [-0.1, -0.05) is 13.3 Å². The monoisotopic (exact) mass is 292 g/mol. The second-order valence-electron chi connectivity index (χ2n) is 5.10. The maximum Gasteiger partial charge on any atom is 0.329 e. The molecule has 0 aliphatic heterocycles. The average Bonchev–Trinajstić information content (AvgIpc) is 2.38. The van der Waals surface area contributed by atoms with E-state index < -0.39 is 17.4 Å². The summed E-state index contributed by atoms with van der Waals surface area (Å²) in [4.78, 5) is 34.3. The second kappa shape index (κ2) is 6.88. The fraction of sp³-hybridized carbons (Fsp3) is 0.400. The van der Waals surface area contributed by atoms with E-state index in [0.717, 1.165) is 0 Å². The van der Waals surface area contributed by atoms with Gasteiger partial charge < -0.3 is 15.7 Å². The molecule has 114 valence electrons. The summed E-state index contributed by atoms with van der Waals surface area (Å²) in [5.41, 5.74) is -0.372. The molecule has 0 saturated carbocycles. The van der Waals surface area contributed by atoms with Crippen LogP contribution in [0.5, 0.6) is 0 Å². The zero-order valence-electron chi connectivity index (χ0n) is 12.4. The van der Waals surface area contributed by atoms with Gasteiger partial charge in [-0.15, -0.1) is 0 Å². The number of hydrogen-bond donors (Lipinski definition) is 3. The van der Waals surface area contributed by atoms with Crippen molar-refractivity contribution in [3.05, 3.63) is 29.8 Å². The Kier molecular flexibility index (Phi) is 5.46. The number of carbonyl (C=O) groups excluding carboxylic acids is 2. The standard InChI is InChI=1S/C15H20N2O4/c1-4-9-15(3,14(20)21)17-13(19)11-5-7-12(8-6-11)16-10(2)18/h5-8H,4,9H2,1-3H3,(H,16,18)(H,17,19)(H,20,21). The highest BCUT2D eigenvalue weighted by Crippen LogP contribution is 2.15. The Labute approximate surface area is 123 Å². The maximum atomic E-state index is 12.1. The Hall–Kier alpha value is -2.37. The molecule has 6 nitrogen and oxygen atoms in total. The lowest BCUT2D eigenvalue weighted by atomic mass is 9.95. The number of amides is 2. The molecular weight excluding hydrogens is 272 g/mol. The minimum Gasteiger partial charge on any atom is -0.480 e. The highest BCUT2D eigenvalue weighted by molar-refractivity contribution is 5.98. The lowest BCUT2D eigenvalue weighted by Gasteiger charge is -2.25. The number of carboxylic acid groups (broad SMARTS) is 1. The van der Waals surface area contributed by atoms with Crippen molar-refractivity contribution in [2.24, 2.45) is 0 Å². The van der Waals surface area contributed by atoms with Gasteiger partial charge in [-0.05, 0) is 37.6 Å². The zero-order valence-corrected chi connectivity index (χ0v) is 12.4. The average molecular weight is 292 g/mol. The van der Waals surface area contributed by atoms with E-state index in [4.69, 9.17) is 0 Å². The van der Waals surface area contributed by atoms with Gasteiger partial charge >= 0.3 is 5.97 Å². The van der Waals surface area contributed by atoms with Crippen LogP contribution in [0.4, 0.5) is 5.69 Å². The molecule has 2 amide bonds. The van der Waals surface area contributed by atoms with Crippen molar-refractivity contribution in [2.45, 2.75) is 39.2 Å². The summed E-state index contributed by atoms with van der Waals surface area (Å²) in [5.74, 6) is -1.72. The van der Waals surface area contributed by atoms with E-state index in [1.807, 2.05) is 6.92 Å². The molecule has 0 aliphatic carbocycles. The summed E-state index contributed by atoms with van der Waals surface area (Å²) in [7, 11) is 0. The number of aliphatic carboxylic acids is 1. The van der Waals surface area contributed by atoms with Crippen LogP contribution in [0.2, 0.25) is 0 Å². The SMILES string of the molecule is CCCC(C)(NC(=O)c1ccc(NC(C)=O)cc1)C(=O)O. The van der Waals surface area contributed by atoms with Gasteiger partial charge in [0, 0.05) is 18.2 Å². The third-order valence-corrected chi connectivity index (χ3v) is 3.08. The smallest absolute Gasteiger partial charge is 0.329 e. The number of anilines is 1. The minimum absolute atomic E-state index is 0.200. The van der Waals surface area contributed by atoms with Gasteiger partial charge in [0.25, 0.3) is 5.91 Å². The Morgan fingerprint density at radius 2 is 1.76 bits per heavy atom. The van der Waals surface area contributed by atoms with E-state index in [-0.39, 0.29) is 5.91 Å². The van der Waals surface area contributed by atoms with E-state index >= 15 is 0 Å². The summed E-state index contributed by atoms with van der Waals surface area (Å²) in [5, 5.41) is 14.4. The molecule has 0 saturated heterocycles. The Bertz CT molecular complexity index is 539. The van der Waals surface area contributed by atoms with Crippen LogP contribution in [0.25, 0.3) is 0 Å². The normalized spacial score (nSPS) is 13.1. The molecule has 0 bridgehead atoms. The third kappa shape index (κ3) is 4.59. The first kappa shape index (κ1) is 16.7. The molecule has 6 heteroatoms.